The summed E-state index contributed by atoms with van der Waals surface area (Å²) < 4.78 is 1.06. The molecular weight excluding hydrogens is 323 g/mol. The van der Waals surface area contributed by atoms with Gasteiger partial charge in [0, 0.05) is 14.7 Å². The molecule has 0 amide bonds. The van der Waals surface area contributed by atoms with Gasteiger partial charge in [-0.25, -0.2) is 0 Å². The molecule has 1 aliphatic carbocycles. The summed E-state index contributed by atoms with van der Waals surface area (Å²) in [5, 5.41) is 0. The largest absolute Gasteiger partial charge is 0.289 e. The van der Waals surface area contributed by atoms with E-state index in [-0.39, 0.29) is 5.78 Å². The van der Waals surface area contributed by atoms with E-state index in [9.17, 15) is 4.79 Å². The Morgan fingerprint density at radius 3 is 2.47 bits per heavy atom. The van der Waals surface area contributed by atoms with Crippen LogP contribution in [0.5, 0.6) is 0 Å². The Hall–Kier alpha value is -1.16. The van der Waals surface area contributed by atoms with Crippen molar-refractivity contribution in [3.8, 4) is 0 Å². The number of rotatable bonds is 0. The topological polar surface area (TPSA) is 17.1 Å². The first-order valence-corrected chi connectivity index (χ1v) is 6.75. The fourth-order valence-corrected chi connectivity index (χ4v) is 3.19. The molecule has 0 spiro atoms. The zero-order chi connectivity index (χ0) is 11.8. The van der Waals surface area contributed by atoms with Gasteiger partial charge in [-0.2, -0.15) is 0 Å². The Kier molecular flexibility index (Phi) is 2.74. The molecule has 0 aliphatic heterocycles. The Morgan fingerprint density at radius 1 is 0.882 bits per heavy atom. The van der Waals surface area contributed by atoms with Crippen LogP contribution in [-0.4, -0.2) is 5.78 Å². The summed E-state index contributed by atoms with van der Waals surface area (Å²) in [6.07, 6.45) is 1.91. The number of hydrogen-bond acceptors (Lipinski definition) is 1. The van der Waals surface area contributed by atoms with Gasteiger partial charge in [0.25, 0.3) is 0 Å². The maximum atomic E-state index is 12.5. The molecule has 0 aromatic heterocycles. The molecule has 0 N–H and O–H groups in total. The molecule has 1 nitrogen and oxygen atoms in total. The third-order valence-corrected chi connectivity index (χ3v) is 4.15. The highest BCUT2D eigenvalue weighted by molar-refractivity contribution is 14.1. The summed E-state index contributed by atoms with van der Waals surface area (Å²) in [4.78, 5) is 12.5. The molecule has 0 unspecified atom stereocenters. The summed E-state index contributed by atoms with van der Waals surface area (Å²) in [5.41, 5.74) is 4.12. The highest BCUT2D eigenvalue weighted by Crippen LogP contribution is 2.27. The fraction of sp³-hybridized carbons (Fsp3) is 0.133. The van der Waals surface area contributed by atoms with E-state index in [0.717, 1.165) is 27.5 Å². The van der Waals surface area contributed by atoms with Gasteiger partial charge in [-0.3, -0.25) is 4.79 Å². The van der Waals surface area contributed by atoms with Crippen molar-refractivity contribution in [3.05, 3.63) is 68.3 Å². The van der Waals surface area contributed by atoms with Crippen molar-refractivity contribution in [2.24, 2.45) is 0 Å². The van der Waals surface area contributed by atoms with Crippen LogP contribution in [0.2, 0.25) is 0 Å². The van der Waals surface area contributed by atoms with E-state index < -0.39 is 0 Å². The molecule has 0 atom stereocenters. The minimum Gasteiger partial charge on any atom is -0.289 e. The van der Waals surface area contributed by atoms with Crippen molar-refractivity contribution in [1.29, 1.82) is 0 Å². The van der Waals surface area contributed by atoms with Gasteiger partial charge in [0.15, 0.2) is 5.78 Å². The Bertz CT molecular complexity index is 602. The molecule has 0 heterocycles. The minimum atomic E-state index is 0.179. The number of aryl methyl sites for hydroxylation is 2. The zero-order valence-corrected chi connectivity index (χ0v) is 11.4. The molecule has 0 saturated heterocycles. The average molecular weight is 334 g/mol. The summed E-state index contributed by atoms with van der Waals surface area (Å²) in [6, 6.07) is 14.1. The first kappa shape index (κ1) is 11.0. The SMILES string of the molecule is O=C1c2ccccc2CCc2cccc(I)c21. The third kappa shape index (κ3) is 1.80. The Morgan fingerprint density at radius 2 is 1.59 bits per heavy atom. The fourth-order valence-electron chi connectivity index (χ4n) is 2.40. The van der Waals surface area contributed by atoms with E-state index in [4.69, 9.17) is 0 Å². The second-order valence-electron chi connectivity index (χ2n) is 4.26. The molecule has 84 valence electrons. The summed E-state index contributed by atoms with van der Waals surface area (Å²) in [7, 11) is 0. The smallest absolute Gasteiger partial charge is 0.194 e. The second-order valence-corrected chi connectivity index (χ2v) is 5.42. The normalized spacial score (nSPS) is 13.8. The molecule has 3 rings (SSSR count). The van der Waals surface area contributed by atoms with Crippen molar-refractivity contribution in [2.75, 3.05) is 0 Å². The minimum absolute atomic E-state index is 0.179. The summed E-state index contributed by atoms with van der Waals surface area (Å²) in [5.74, 6) is 0.179. The predicted octanol–water partition coefficient (Wildman–Crippen LogP) is 3.62. The third-order valence-electron chi connectivity index (χ3n) is 3.25. The number of fused-ring (bicyclic) bond motifs is 2. The molecule has 1 aliphatic rings. The van der Waals surface area contributed by atoms with Crippen LogP contribution < -0.4 is 0 Å². The highest BCUT2D eigenvalue weighted by atomic mass is 127. The Balaban J connectivity index is 2.26. The van der Waals surface area contributed by atoms with Gasteiger partial charge in [-0.1, -0.05) is 36.4 Å². The average Bonchev–Trinajstić information content (AvgIpc) is 2.49. The van der Waals surface area contributed by atoms with E-state index in [1.165, 1.54) is 11.1 Å². The zero-order valence-electron chi connectivity index (χ0n) is 9.24. The van der Waals surface area contributed by atoms with Crippen LogP contribution in [-0.2, 0) is 12.8 Å². The summed E-state index contributed by atoms with van der Waals surface area (Å²) >= 11 is 2.25. The van der Waals surface area contributed by atoms with Gasteiger partial charge in [-0.15, -0.1) is 0 Å². The first-order valence-electron chi connectivity index (χ1n) is 5.67. The molecule has 17 heavy (non-hydrogen) atoms. The Labute approximate surface area is 114 Å². The van der Waals surface area contributed by atoms with Gasteiger partial charge in [0.05, 0.1) is 0 Å². The van der Waals surface area contributed by atoms with Gasteiger partial charge < -0.3 is 0 Å². The van der Waals surface area contributed by atoms with E-state index in [0.29, 0.717) is 0 Å². The van der Waals surface area contributed by atoms with Crippen molar-refractivity contribution >= 4 is 28.4 Å². The van der Waals surface area contributed by atoms with Crippen molar-refractivity contribution < 1.29 is 4.79 Å². The molecule has 2 aromatic rings. The van der Waals surface area contributed by atoms with E-state index >= 15 is 0 Å². The number of carbonyl (C=O) groups is 1. The first-order chi connectivity index (χ1) is 8.27. The lowest BCUT2D eigenvalue weighted by molar-refractivity contribution is 0.103. The number of hydrogen-bond donors (Lipinski definition) is 0. The van der Waals surface area contributed by atoms with E-state index in [1.807, 2.05) is 30.3 Å². The van der Waals surface area contributed by atoms with Crippen LogP contribution in [0.25, 0.3) is 0 Å². The van der Waals surface area contributed by atoms with Gasteiger partial charge >= 0.3 is 0 Å². The monoisotopic (exact) mass is 334 g/mol. The van der Waals surface area contributed by atoms with Gasteiger partial charge in [0.2, 0.25) is 0 Å². The molecule has 0 radical (unpaired) electrons. The molecular formula is C15H11IO. The van der Waals surface area contributed by atoms with Crippen LogP contribution in [0.1, 0.15) is 27.0 Å². The molecule has 2 aromatic carbocycles. The van der Waals surface area contributed by atoms with Crippen LogP contribution >= 0.6 is 22.6 Å². The van der Waals surface area contributed by atoms with Crippen molar-refractivity contribution in [1.82, 2.24) is 0 Å². The van der Waals surface area contributed by atoms with Crippen LogP contribution in [0.3, 0.4) is 0 Å². The standard InChI is InChI=1S/C15H11IO/c16-13-7-3-5-11-9-8-10-4-1-2-6-12(10)15(17)14(11)13/h1-7H,8-9H2. The van der Waals surface area contributed by atoms with Crippen molar-refractivity contribution in [3.63, 3.8) is 0 Å². The van der Waals surface area contributed by atoms with Gasteiger partial charge in [-0.05, 0) is 52.6 Å². The van der Waals surface area contributed by atoms with Crippen LogP contribution in [0.15, 0.2) is 42.5 Å². The quantitative estimate of drug-likeness (QED) is 0.673. The van der Waals surface area contributed by atoms with Crippen LogP contribution in [0.4, 0.5) is 0 Å². The number of ketones is 1. The lowest BCUT2D eigenvalue weighted by Gasteiger charge is -2.06. The maximum Gasteiger partial charge on any atom is 0.194 e. The van der Waals surface area contributed by atoms with E-state index in [2.05, 4.69) is 34.7 Å². The van der Waals surface area contributed by atoms with Gasteiger partial charge in [0.1, 0.15) is 0 Å². The van der Waals surface area contributed by atoms with Crippen LogP contribution in [0, 0.1) is 3.57 Å². The van der Waals surface area contributed by atoms with E-state index in [1.54, 1.807) is 0 Å². The highest BCUT2D eigenvalue weighted by Gasteiger charge is 2.22. The van der Waals surface area contributed by atoms with Crippen molar-refractivity contribution in [2.45, 2.75) is 12.8 Å². The number of carbonyl (C=O) groups excluding carboxylic acids is 1. The molecule has 0 saturated carbocycles. The number of benzene rings is 2. The lowest BCUT2D eigenvalue weighted by Crippen LogP contribution is -2.06. The number of halogens is 1. The predicted molar refractivity (Wildman–Crippen MR) is 76.4 cm³/mol. The molecule has 0 fully saturated rings. The maximum absolute atomic E-state index is 12.5. The molecule has 2 heteroatoms. The molecule has 0 bridgehead atoms. The summed E-state index contributed by atoms with van der Waals surface area (Å²) in [6.45, 7) is 0. The lowest BCUT2D eigenvalue weighted by atomic mass is 9.99. The second kappa shape index (κ2) is 4.26.